The molecule has 1 fully saturated rings. The van der Waals surface area contributed by atoms with Gasteiger partial charge in [0.25, 0.3) is 0 Å². The zero-order valence-corrected chi connectivity index (χ0v) is 10.4. The Morgan fingerprint density at radius 3 is 2.47 bits per heavy atom. The molecule has 0 atom stereocenters. The fourth-order valence-corrected chi connectivity index (χ4v) is 2.45. The zero-order chi connectivity index (χ0) is 12.5. The maximum atomic E-state index is 11.6. The van der Waals surface area contributed by atoms with Gasteiger partial charge in [0, 0.05) is 18.7 Å². The molecule has 0 aromatic heterocycles. The number of Topliss-reactive ketones (excluding diaryl/α,β-unsaturated/α-hetero) is 1. The molecule has 1 aliphatic heterocycles. The minimum atomic E-state index is -0.839. The van der Waals surface area contributed by atoms with E-state index in [1.54, 1.807) is 13.0 Å². The summed E-state index contributed by atoms with van der Waals surface area (Å²) in [4.78, 5) is 13.8. The lowest BCUT2D eigenvalue weighted by molar-refractivity contribution is -0.0208. The minimum absolute atomic E-state index is 0.0213. The highest BCUT2D eigenvalue weighted by Crippen LogP contribution is 2.34. The molecule has 0 saturated carbocycles. The first-order chi connectivity index (χ1) is 8.03. The molecule has 0 unspecified atom stereocenters. The van der Waals surface area contributed by atoms with Gasteiger partial charge in [0.1, 0.15) is 0 Å². The molecule has 0 amide bonds. The van der Waals surface area contributed by atoms with Gasteiger partial charge in [0.2, 0.25) is 0 Å². The molecular weight excluding hydrogens is 214 g/mol. The van der Waals surface area contributed by atoms with E-state index in [9.17, 15) is 9.90 Å². The van der Waals surface area contributed by atoms with E-state index in [1.165, 1.54) is 0 Å². The smallest absolute Gasteiger partial charge is 0.160 e. The molecule has 1 heterocycles. The second-order valence-electron chi connectivity index (χ2n) is 4.94. The van der Waals surface area contributed by atoms with Crippen LogP contribution in [0.1, 0.15) is 35.7 Å². The van der Waals surface area contributed by atoms with E-state index in [4.69, 9.17) is 0 Å². The molecular formula is C14H19NO2. The number of carbonyl (C=O) groups excluding carboxylic acids is 1. The van der Waals surface area contributed by atoms with E-state index in [0.29, 0.717) is 18.4 Å². The van der Waals surface area contributed by atoms with Crippen LogP contribution in [0.4, 0.5) is 0 Å². The number of nitrogens with zero attached hydrogens (tertiary/aromatic N) is 1. The number of carbonyl (C=O) groups is 1. The first kappa shape index (κ1) is 12.3. The Labute approximate surface area is 102 Å². The number of piperidine rings is 1. The average Bonchev–Trinajstić information content (AvgIpc) is 2.33. The van der Waals surface area contributed by atoms with Crippen molar-refractivity contribution >= 4 is 5.78 Å². The lowest BCUT2D eigenvalue weighted by Gasteiger charge is -2.37. The Kier molecular flexibility index (Phi) is 3.31. The molecule has 3 nitrogen and oxygen atoms in total. The molecule has 17 heavy (non-hydrogen) atoms. The van der Waals surface area contributed by atoms with Crippen LogP contribution in [0.5, 0.6) is 0 Å². The quantitative estimate of drug-likeness (QED) is 0.792. The molecule has 0 spiro atoms. The van der Waals surface area contributed by atoms with Gasteiger partial charge in [-0.1, -0.05) is 24.3 Å². The Hall–Kier alpha value is -1.19. The van der Waals surface area contributed by atoms with Crippen LogP contribution >= 0.6 is 0 Å². The zero-order valence-electron chi connectivity index (χ0n) is 10.4. The molecule has 1 aliphatic rings. The lowest BCUT2D eigenvalue weighted by Crippen LogP contribution is -2.41. The summed E-state index contributed by atoms with van der Waals surface area (Å²) in [5, 5.41) is 10.7. The summed E-state index contributed by atoms with van der Waals surface area (Å²) in [6, 6.07) is 7.41. The van der Waals surface area contributed by atoms with Crippen molar-refractivity contribution in [2.45, 2.75) is 25.4 Å². The molecule has 0 bridgehead atoms. The van der Waals surface area contributed by atoms with Gasteiger partial charge in [-0.3, -0.25) is 4.79 Å². The van der Waals surface area contributed by atoms with Crippen LogP contribution in [0.2, 0.25) is 0 Å². The van der Waals surface area contributed by atoms with Gasteiger partial charge in [-0.25, -0.2) is 0 Å². The van der Waals surface area contributed by atoms with Crippen molar-refractivity contribution < 1.29 is 9.90 Å². The fraction of sp³-hybridized carbons (Fsp3) is 0.500. The summed E-state index contributed by atoms with van der Waals surface area (Å²) in [5.41, 5.74) is 0.606. The third-order valence-electron chi connectivity index (χ3n) is 3.62. The van der Waals surface area contributed by atoms with Gasteiger partial charge in [-0.05, 0) is 32.4 Å². The standard InChI is InChI=1S/C14H19NO2/c1-11(16)12-5-3-4-6-13(12)14(17)7-9-15(2)10-8-14/h3-6,17H,7-10H2,1-2H3. The maximum absolute atomic E-state index is 11.6. The molecule has 0 radical (unpaired) electrons. The molecule has 2 rings (SSSR count). The van der Waals surface area contributed by atoms with Crippen LogP contribution in [0.15, 0.2) is 24.3 Å². The second kappa shape index (κ2) is 4.59. The van der Waals surface area contributed by atoms with Crippen LogP contribution in [0.3, 0.4) is 0 Å². The van der Waals surface area contributed by atoms with E-state index in [2.05, 4.69) is 11.9 Å². The van der Waals surface area contributed by atoms with Crippen LogP contribution < -0.4 is 0 Å². The maximum Gasteiger partial charge on any atom is 0.160 e. The van der Waals surface area contributed by atoms with Crippen molar-refractivity contribution in [3.63, 3.8) is 0 Å². The first-order valence-electron chi connectivity index (χ1n) is 6.04. The molecule has 0 aliphatic carbocycles. The van der Waals surface area contributed by atoms with Crippen LogP contribution in [0.25, 0.3) is 0 Å². The fourth-order valence-electron chi connectivity index (χ4n) is 2.45. The number of ketones is 1. The Balaban J connectivity index is 2.36. The molecule has 3 heteroatoms. The van der Waals surface area contributed by atoms with Crippen molar-refractivity contribution in [2.75, 3.05) is 20.1 Å². The predicted octanol–water partition coefficient (Wildman–Crippen LogP) is 1.80. The van der Waals surface area contributed by atoms with Crippen LogP contribution in [-0.2, 0) is 5.60 Å². The highest BCUT2D eigenvalue weighted by Gasteiger charge is 2.35. The minimum Gasteiger partial charge on any atom is -0.385 e. The first-order valence-corrected chi connectivity index (χ1v) is 6.04. The molecule has 1 N–H and O–H groups in total. The van der Waals surface area contributed by atoms with Gasteiger partial charge in [-0.2, -0.15) is 0 Å². The van der Waals surface area contributed by atoms with Crippen molar-refractivity contribution in [3.8, 4) is 0 Å². The lowest BCUT2D eigenvalue weighted by atomic mass is 9.81. The Morgan fingerprint density at radius 2 is 1.88 bits per heavy atom. The van der Waals surface area contributed by atoms with Crippen molar-refractivity contribution in [1.82, 2.24) is 4.90 Å². The van der Waals surface area contributed by atoms with Gasteiger partial charge in [0.15, 0.2) is 5.78 Å². The average molecular weight is 233 g/mol. The van der Waals surface area contributed by atoms with E-state index >= 15 is 0 Å². The monoisotopic (exact) mass is 233 g/mol. The van der Waals surface area contributed by atoms with Crippen LogP contribution in [0, 0.1) is 0 Å². The summed E-state index contributed by atoms with van der Waals surface area (Å²) < 4.78 is 0. The topological polar surface area (TPSA) is 40.5 Å². The second-order valence-corrected chi connectivity index (χ2v) is 4.94. The van der Waals surface area contributed by atoms with E-state index in [-0.39, 0.29) is 5.78 Å². The number of hydrogen-bond acceptors (Lipinski definition) is 3. The van der Waals surface area contributed by atoms with Crippen molar-refractivity contribution in [3.05, 3.63) is 35.4 Å². The van der Waals surface area contributed by atoms with E-state index in [0.717, 1.165) is 18.7 Å². The van der Waals surface area contributed by atoms with Gasteiger partial charge < -0.3 is 10.0 Å². The third kappa shape index (κ3) is 2.40. The highest BCUT2D eigenvalue weighted by atomic mass is 16.3. The van der Waals surface area contributed by atoms with E-state index in [1.807, 2.05) is 18.2 Å². The van der Waals surface area contributed by atoms with Gasteiger partial charge >= 0.3 is 0 Å². The van der Waals surface area contributed by atoms with E-state index < -0.39 is 5.60 Å². The van der Waals surface area contributed by atoms with Crippen molar-refractivity contribution in [2.24, 2.45) is 0 Å². The molecule has 1 aromatic rings. The Bertz CT molecular complexity index is 420. The molecule has 92 valence electrons. The number of benzene rings is 1. The summed E-state index contributed by atoms with van der Waals surface area (Å²) in [7, 11) is 2.05. The molecule has 1 aromatic carbocycles. The Morgan fingerprint density at radius 1 is 1.29 bits per heavy atom. The number of likely N-dealkylation sites (tertiary alicyclic amines) is 1. The predicted molar refractivity (Wildman–Crippen MR) is 67.1 cm³/mol. The molecule has 1 saturated heterocycles. The summed E-state index contributed by atoms with van der Waals surface area (Å²) >= 11 is 0. The summed E-state index contributed by atoms with van der Waals surface area (Å²) in [6.07, 6.45) is 1.38. The van der Waals surface area contributed by atoms with Gasteiger partial charge in [0.05, 0.1) is 5.60 Å². The van der Waals surface area contributed by atoms with Crippen LogP contribution in [-0.4, -0.2) is 35.9 Å². The van der Waals surface area contributed by atoms with Gasteiger partial charge in [-0.15, -0.1) is 0 Å². The normalized spacial score (nSPS) is 20.2. The SMILES string of the molecule is CC(=O)c1ccccc1C1(O)CCN(C)CC1. The number of aliphatic hydroxyl groups is 1. The number of rotatable bonds is 2. The summed E-state index contributed by atoms with van der Waals surface area (Å²) in [5.74, 6) is 0.0213. The summed E-state index contributed by atoms with van der Waals surface area (Å²) in [6.45, 7) is 3.28. The highest BCUT2D eigenvalue weighted by molar-refractivity contribution is 5.95. The number of hydrogen-bond donors (Lipinski definition) is 1. The largest absolute Gasteiger partial charge is 0.385 e. The third-order valence-corrected chi connectivity index (χ3v) is 3.62. The van der Waals surface area contributed by atoms with Crippen molar-refractivity contribution in [1.29, 1.82) is 0 Å².